The van der Waals surface area contributed by atoms with Crippen LogP contribution in [0.25, 0.3) is 16.0 Å². The van der Waals surface area contributed by atoms with Crippen LogP contribution in [0.2, 0.25) is 0 Å². The van der Waals surface area contributed by atoms with Gasteiger partial charge in [0, 0.05) is 6.07 Å². The first kappa shape index (κ1) is 19.4. The zero-order valence-corrected chi connectivity index (χ0v) is 18.3. The Kier molecular flexibility index (Phi) is 4.94. The monoisotopic (exact) mass is 539 g/mol. The summed E-state index contributed by atoms with van der Waals surface area (Å²) in [5.74, 6) is -2.41. The van der Waals surface area contributed by atoms with Gasteiger partial charge in [0.15, 0.2) is 0 Å². The number of carbonyl (C=O) groups is 1. The Morgan fingerprint density at radius 1 is 1.27 bits per heavy atom. The molecular weight excluding hydrogens is 525 g/mol. The van der Waals surface area contributed by atoms with Crippen molar-refractivity contribution in [1.82, 2.24) is 9.55 Å². The molecule has 154 valence electrons. The van der Waals surface area contributed by atoms with Gasteiger partial charge in [0.05, 0.1) is 0 Å². The quantitative estimate of drug-likeness (QED) is 0.300. The summed E-state index contributed by atoms with van der Waals surface area (Å²) in [7, 11) is 0. The summed E-state index contributed by atoms with van der Waals surface area (Å²) in [4.78, 5) is 16.2. The van der Waals surface area contributed by atoms with E-state index in [9.17, 15) is 18.7 Å². The van der Waals surface area contributed by atoms with Crippen molar-refractivity contribution in [3.8, 4) is 10.8 Å². The number of hydrogen-bond donors (Lipinski definition) is 1. The Bertz CT molecular complexity index is 1280. The van der Waals surface area contributed by atoms with Gasteiger partial charge in [-0.2, -0.15) is 0 Å². The number of imidazole rings is 1. The van der Waals surface area contributed by atoms with Crippen LogP contribution in [-0.2, 0) is 6.61 Å². The first-order chi connectivity index (χ1) is 14.5. The summed E-state index contributed by atoms with van der Waals surface area (Å²) < 4.78 is 36.4. The predicted molar refractivity (Wildman–Crippen MR) is 104 cm³/mol. The van der Waals surface area contributed by atoms with Gasteiger partial charge >= 0.3 is 158 Å². The molecule has 9 heteroatoms. The Labute approximate surface area is 184 Å². The number of rotatable bonds is 6. The summed E-state index contributed by atoms with van der Waals surface area (Å²) in [6, 6.07) is 11.0. The summed E-state index contributed by atoms with van der Waals surface area (Å²) in [5.41, 5.74) is 3.19. The second kappa shape index (κ2) is 7.62. The van der Waals surface area contributed by atoms with Gasteiger partial charge in [0.2, 0.25) is 0 Å². The third-order valence-electron chi connectivity index (χ3n) is 4.76. The fourth-order valence-electron chi connectivity index (χ4n) is 3.15. The number of ether oxygens (including phenoxy) is 1. The number of fused-ring (bicyclic) bond motifs is 1. The summed E-state index contributed by atoms with van der Waals surface area (Å²) in [5, 5.41) is 10.2. The zero-order chi connectivity index (χ0) is 20.8. The maximum absolute atomic E-state index is 13.9. The molecule has 30 heavy (non-hydrogen) atoms. The molecule has 5 rings (SSSR count). The second-order valence-electron chi connectivity index (χ2n) is 6.75. The van der Waals surface area contributed by atoms with Crippen LogP contribution in [0.1, 0.15) is 24.7 Å². The van der Waals surface area contributed by atoms with Gasteiger partial charge in [-0.05, 0) is 6.07 Å². The molecule has 0 spiro atoms. The van der Waals surface area contributed by atoms with E-state index in [1.165, 1.54) is 16.1 Å². The average Bonchev–Trinajstić information content (AvgIpc) is 3.34. The number of aromatic carboxylic acids is 1. The minimum Gasteiger partial charge on any atom is -0.207 e. The van der Waals surface area contributed by atoms with E-state index in [2.05, 4.69) is 17.1 Å². The predicted octanol–water partition coefficient (Wildman–Crippen LogP) is 1.79. The zero-order valence-electron chi connectivity index (χ0n) is 15.3. The molecular formula is C21H14F2IN2O3S-. The van der Waals surface area contributed by atoms with E-state index in [-0.39, 0.29) is 44.0 Å². The van der Waals surface area contributed by atoms with Crippen LogP contribution in [0.5, 0.6) is 5.75 Å². The van der Waals surface area contributed by atoms with E-state index in [4.69, 9.17) is 4.74 Å². The van der Waals surface area contributed by atoms with Gasteiger partial charge < -0.3 is 0 Å². The van der Waals surface area contributed by atoms with Crippen LogP contribution < -0.4 is 25.9 Å². The molecule has 0 saturated carbocycles. The molecule has 1 unspecified atom stereocenters. The van der Waals surface area contributed by atoms with Crippen LogP contribution >= 0.6 is 11.3 Å². The summed E-state index contributed by atoms with van der Waals surface area (Å²) >= 11 is 1.33. The molecule has 0 bridgehead atoms. The third-order valence-corrected chi connectivity index (χ3v) is 8.34. The van der Waals surface area contributed by atoms with Crippen LogP contribution in [0.3, 0.4) is 0 Å². The first-order valence-electron chi connectivity index (χ1n) is 8.98. The molecule has 1 atom stereocenters. The van der Waals surface area contributed by atoms with Crippen molar-refractivity contribution in [3.05, 3.63) is 76.4 Å². The standard InChI is InChI=1S/C21H14F2IN2O3S/c22-13-3-1-12(14(23)6-13)9-29-18-7-19(30-20(18)21(27)28)26-10-25-16-4-2-11(5-17(16)26)15-8-24-15/h1-7,10,15H,8-9H2,(H,27,28)/q-1. The topological polar surface area (TPSA) is 64.3 Å². The van der Waals surface area contributed by atoms with E-state index in [0.29, 0.717) is 8.93 Å². The van der Waals surface area contributed by atoms with E-state index >= 15 is 0 Å². The summed E-state index contributed by atoms with van der Waals surface area (Å²) in [6.45, 7) is -0.206. The van der Waals surface area contributed by atoms with E-state index in [1.807, 2.05) is 10.6 Å². The molecule has 1 aliphatic rings. The van der Waals surface area contributed by atoms with Gasteiger partial charge in [-0.15, -0.1) is 0 Å². The molecule has 0 aliphatic carbocycles. The Balaban J connectivity index is 1.49. The van der Waals surface area contributed by atoms with Crippen molar-refractivity contribution >= 4 is 28.3 Å². The molecule has 1 fully saturated rings. The maximum atomic E-state index is 13.9. The van der Waals surface area contributed by atoms with E-state index in [1.54, 1.807) is 12.4 Å². The van der Waals surface area contributed by atoms with Crippen molar-refractivity contribution in [2.24, 2.45) is 0 Å². The van der Waals surface area contributed by atoms with Crippen LogP contribution in [-0.4, -0.2) is 25.1 Å². The molecule has 1 aliphatic heterocycles. The molecule has 3 heterocycles. The van der Waals surface area contributed by atoms with Crippen molar-refractivity contribution in [2.45, 2.75) is 10.5 Å². The van der Waals surface area contributed by atoms with Gasteiger partial charge in [-0.1, -0.05) is 0 Å². The fourth-order valence-corrected chi connectivity index (χ4v) is 5.73. The molecule has 1 saturated heterocycles. The van der Waals surface area contributed by atoms with Crippen molar-refractivity contribution < 1.29 is 44.6 Å². The Hall–Kier alpha value is -2.53. The number of halogens is 3. The third kappa shape index (κ3) is 3.67. The van der Waals surface area contributed by atoms with E-state index < -0.39 is 17.6 Å². The van der Waals surface area contributed by atoms with Crippen LogP contribution in [0.15, 0.2) is 48.8 Å². The summed E-state index contributed by atoms with van der Waals surface area (Å²) in [6.07, 6.45) is 1.66. The number of carboxylic acid groups (broad SMARTS) is 1. The number of nitrogens with zero attached hydrogens (tertiary/aromatic N) is 2. The van der Waals surface area contributed by atoms with Gasteiger partial charge in [-0.3, -0.25) is 0 Å². The Morgan fingerprint density at radius 2 is 2.10 bits per heavy atom. The Morgan fingerprint density at radius 3 is 2.83 bits per heavy atom. The molecule has 0 amide bonds. The minimum absolute atomic E-state index is 0.0126. The normalized spacial score (nSPS) is 15.7. The molecule has 0 radical (unpaired) electrons. The molecule has 1 N–H and O–H groups in total. The number of aromatic nitrogens is 2. The molecule has 4 aromatic rings. The van der Waals surface area contributed by atoms with Crippen LogP contribution in [0, 0.1) is 11.6 Å². The molecule has 2 aromatic heterocycles. The smallest absolute Gasteiger partial charge is 0.207 e. The number of thiophene rings is 1. The second-order valence-corrected chi connectivity index (χ2v) is 11.0. The van der Waals surface area contributed by atoms with Crippen molar-refractivity contribution in [1.29, 1.82) is 0 Å². The van der Waals surface area contributed by atoms with Crippen molar-refractivity contribution in [2.75, 3.05) is 4.43 Å². The SMILES string of the molecule is O=C(O)c1sc(-n2cnc3ccc(C4C[I-]4)cc32)cc1OCc1ccc(F)cc1F. The van der Waals surface area contributed by atoms with Gasteiger partial charge in [0.1, 0.15) is 5.82 Å². The molecule has 2 aromatic carbocycles. The first-order valence-corrected chi connectivity index (χ1v) is 12.6. The number of benzene rings is 2. The minimum atomic E-state index is -1.13. The number of alkyl halides is 2. The molecule has 5 nitrogen and oxygen atoms in total. The van der Waals surface area contributed by atoms with Crippen molar-refractivity contribution in [3.63, 3.8) is 0 Å². The van der Waals surface area contributed by atoms with Crippen LogP contribution in [0.4, 0.5) is 8.78 Å². The number of carboxylic acids is 1. The fraction of sp³-hybridized carbons (Fsp3) is 0.143. The average molecular weight is 539 g/mol. The van der Waals surface area contributed by atoms with Gasteiger partial charge in [0.25, 0.3) is 0 Å². The van der Waals surface area contributed by atoms with Gasteiger partial charge in [-0.25, -0.2) is 8.78 Å². The number of hydrogen-bond acceptors (Lipinski definition) is 4. The van der Waals surface area contributed by atoms with E-state index in [0.717, 1.165) is 34.5 Å².